The summed E-state index contributed by atoms with van der Waals surface area (Å²) < 4.78 is 5.13. The third-order valence-electron chi connectivity index (χ3n) is 2.74. The third kappa shape index (κ3) is 4.87. The van der Waals surface area contributed by atoms with Gasteiger partial charge in [0, 0.05) is 19.9 Å². The van der Waals surface area contributed by atoms with Crippen LogP contribution in [-0.2, 0) is 4.74 Å². The van der Waals surface area contributed by atoms with Gasteiger partial charge in [-0.1, -0.05) is 13.3 Å². The Kier molecular flexibility index (Phi) is 6.89. The number of nitrogens with one attached hydrogen (secondary N) is 2. The second-order valence-corrected chi connectivity index (χ2v) is 4.34. The lowest BCUT2D eigenvalue weighted by Gasteiger charge is -2.18. The minimum absolute atomic E-state index is 0.0391. The summed E-state index contributed by atoms with van der Waals surface area (Å²) in [5.74, 6) is 0.509. The summed E-state index contributed by atoms with van der Waals surface area (Å²) >= 11 is 0. The maximum absolute atomic E-state index is 12.3. The lowest BCUT2D eigenvalue weighted by molar-refractivity contribution is 0.0892. The smallest absolute Gasteiger partial charge is 0.255 e. The molecule has 0 bridgehead atoms. The predicted octanol–water partition coefficient (Wildman–Crippen LogP) is 2.06. The molecule has 0 saturated carbocycles. The molecule has 0 radical (unpaired) electrons. The second-order valence-electron chi connectivity index (χ2n) is 4.34. The largest absolute Gasteiger partial charge is 0.383 e. The molecule has 0 aliphatic carbocycles. The molecule has 0 aromatic carbocycles. The fourth-order valence-electron chi connectivity index (χ4n) is 1.91. The fraction of sp³-hybridized carbons (Fsp3) is 0.571. The lowest BCUT2D eigenvalue weighted by Crippen LogP contribution is -2.38. The topological polar surface area (TPSA) is 63.2 Å². The van der Waals surface area contributed by atoms with Gasteiger partial charge >= 0.3 is 0 Å². The Morgan fingerprint density at radius 3 is 2.89 bits per heavy atom. The average Bonchev–Trinajstić information content (AvgIpc) is 2.40. The van der Waals surface area contributed by atoms with Gasteiger partial charge in [0.25, 0.3) is 5.91 Å². The Morgan fingerprint density at radius 1 is 1.47 bits per heavy atom. The van der Waals surface area contributed by atoms with Gasteiger partial charge in [-0.25, -0.2) is 4.98 Å². The van der Waals surface area contributed by atoms with E-state index in [1.54, 1.807) is 25.4 Å². The molecule has 0 fully saturated rings. The third-order valence-corrected chi connectivity index (χ3v) is 2.74. The van der Waals surface area contributed by atoms with E-state index < -0.39 is 0 Å². The van der Waals surface area contributed by atoms with Gasteiger partial charge in [0.05, 0.1) is 18.2 Å². The van der Waals surface area contributed by atoms with E-state index in [2.05, 4.69) is 22.5 Å². The standard InChI is InChI=1S/C14H23N3O2/c1-4-7-11(10-19-3)17-14(18)12-8-6-9-16-13(12)15-5-2/h6,8-9,11H,4-5,7,10H2,1-3H3,(H,15,16)(H,17,18). The molecule has 0 spiro atoms. The Hall–Kier alpha value is -1.62. The van der Waals surface area contributed by atoms with Crippen LogP contribution >= 0.6 is 0 Å². The van der Waals surface area contributed by atoms with Crippen LogP contribution in [0.25, 0.3) is 0 Å². The van der Waals surface area contributed by atoms with Crippen LogP contribution in [0.4, 0.5) is 5.82 Å². The summed E-state index contributed by atoms with van der Waals surface area (Å²) in [6.45, 7) is 5.31. The number of pyridine rings is 1. The fourth-order valence-corrected chi connectivity index (χ4v) is 1.91. The first kappa shape index (κ1) is 15.4. The van der Waals surface area contributed by atoms with Crippen molar-refractivity contribution in [2.24, 2.45) is 0 Å². The number of carbonyl (C=O) groups excluding carboxylic acids is 1. The van der Waals surface area contributed by atoms with E-state index in [-0.39, 0.29) is 11.9 Å². The summed E-state index contributed by atoms with van der Waals surface area (Å²) in [5, 5.41) is 6.08. The molecule has 1 unspecified atom stereocenters. The van der Waals surface area contributed by atoms with Crippen molar-refractivity contribution in [3.63, 3.8) is 0 Å². The molecule has 1 heterocycles. The minimum atomic E-state index is -0.112. The van der Waals surface area contributed by atoms with Crippen LogP contribution in [0.1, 0.15) is 37.0 Å². The molecule has 1 atom stereocenters. The quantitative estimate of drug-likeness (QED) is 0.755. The first-order chi connectivity index (χ1) is 9.22. The van der Waals surface area contributed by atoms with E-state index in [9.17, 15) is 4.79 Å². The van der Waals surface area contributed by atoms with Crippen LogP contribution in [-0.4, -0.2) is 37.2 Å². The highest BCUT2D eigenvalue weighted by Gasteiger charge is 2.16. The normalized spacial score (nSPS) is 11.9. The SMILES string of the molecule is CCCC(COC)NC(=O)c1cccnc1NCC. The lowest BCUT2D eigenvalue weighted by atomic mass is 10.1. The van der Waals surface area contributed by atoms with Crippen molar-refractivity contribution in [1.82, 2.24) is 10.3 Å². The van der Waals surface area contributed by atoms with Gasteiger partial charge in [-0.15, -0.1) is 0 Å². The van der Waals surface area contributed by atoms with Gasteiger partial charge in [-0.2, -0.15) is 0 Å². The second kappa shape index (κ2) is 8.48. The summed E-state index contributed by atoms with van der Waals surface area (Å²) in [6.07, 6.45) is 3.57. The molecule has 5 heteroatoms. The van der Waals surface area contributed by atoms with E-state index >= 15 is 0 Å². The van der Waals surface area contributed by atoms with Crippen molar-refractivity contribution >= 4 is 11.7 Å². The Morgan fingerprint density at radius 2 is 2.26 bits per heavy atom. The molecule has 0 aliphatic heterocycles. The zero-order valence-corrected chi connectivity index (χ0v) is 11.9. The highest BCUT2D eigenvalue weighted by molar-refractivity contribution is 5.98. The van der Waals surface area contributed by atoms with Gasteiger partial charge in [0.1, 0.15) is 5.82 Å². The maximum atomic E-state index is 12.3. The number of methoxy groups -OCH3 is 1. The summed E-state index contributed by atoms with van der Waals surface area (Å²) in [5.41, 5.74) is 0.571. The Balaban J connectivity index is 2.75. The van der Waals surface area contributed by atoms with E-state index in [1.165, 1.54) is 0 Å². The van der Waals surface area contributed by atoms with Crippen molar-refractivity contribution in [3.05, 3.63) is 23.9 Å². The molecule has 5 nitrogen and oxygen atoms in total. The number of ether oxygens (including phenoxy) is 1. The van der Waals surface area contributed by atoms with E-state index in [0.717, 1.165) is 19.4 Å². The molecular formula is C14H23N3O2. The van der Waals surface area contributed by atoms with Crippen LogP contribution in [0, 0.1) is 0 Å². The highest BCUT2D eigenvalue weighted by atomic mass is 16.5. The number of aromatic nitrogens is 1. The molecule has 1 aromatic rings. The van der Waals surface area contributed by atoms with Crippen LogP contribution in [0.3, 0.4) is 0 Å². The van der Waals surface area contributed by atoms with Gasteiger partial charge in [-0.05, 0) is 25.5 Å². The molecule has 1 aromatic heterocycles. The minimum Gasteiger partial charge on any atom is -0.383 e. The number of hydrogen-bond donors (Lipinski definition) is 2. The average molecular weight is 265 g/mol. The number of amides is 1. The molecule has 2 N–H and O–H groups in total. The number of nitrogens with zero attached hydrogens (tertiary/aromatic N) is 1. The molecule has 1 amide bonds. The van der Waals surface area contributed by atoms with Crippen LogP contribution in [0.2, 0.25) is 0 Å². The van der Waals surface area contributed by atoms with Gasteiger partial charge in [-0.3, -0.25) is 4.79 Å². The van der Waals surface area contributed by atoms with Crippen molar-refractivity contribution in [1.29, 1.82) is 0 Å². The molecule has 0 aliphatic rings. The molecule has 19 heavy (non-hydrogen) atoms. The summed E-state index contributed by atoms with van der Waals surface area (Å²) in [4.78, 5) is 16.4. The Bertz CT molecular complexity index is 390. The predicted molar refractivity (Wildman–Crippen MR) is 76.4 cm³/mol. The number of anilines is 1. The van der Waals surface area contributed by atoms with Crippen LogP contribution in [0.15, 0.2) is 18.3 Å². The van der Waals surface area contributed by atoms with E-state index in [1.807, 2.05) is 6.92 Å². The summed E-state index contributed by atoms with van der Waals surface area (Å²) in [6, 6.07) is 3.58. The van der Waals surface area contributed by atoms with Gasteiger partial charge < -0.3 is 15.4 Å². The summed E-state index contributed by atoms with van der Waals surface area (Å²) in [7, 11) is 1.64. The van der Waals surface area contributed by atoms with Crippen LogP contribution < -0.4 is 10.6 Å². The van der Waals surface area contributed by atoms with Crippen molar-refractivity contribution in [2.45, 2.75) is 32.7 Å². The van der Waals surface area contributed by atoms with Crippen molar-refractivity contribution in [3.8, 4) is 0 Å². The number of carbonyl (C=O) groups is 1. The van der Waals surface area contributed by atoms with E-state index in [0.29, 0.717) is 18.0 Å². The van der Waals surface area contributed by atoms with Gasteiger partial charge in [0.2, 0.25) is 0 Å². The molecule has 106 valence electrons. The van der Waals surface area contributed by atoms with Crippen molar-refractivity contribution < 1.29 is 9.53 Å². The first-order valence-electron chi connectivity index (χ1n) is 6.71. The zero-order chi connectivity index (χ0) is 14.1. The number of hydrogen-bond acceptors (Lipinski definition) is 4. The zero-order valence-electron chi connectivity index (χ0n) is 11.9. The molecule has 0 saturated heterocycles. The van der Waals surface area contributed by atoms with Crippen molar-refractivity contribution in [2.75, 3.05) is 25.6 Å². The highest BCUT2D eigenvalue weighted by Crippen LogP contribution is 2.11. The van der Waals surface area contributed by atoms with Gasteiger partial charge in [0.15, 0.2) is 0 Å². The van der Waals surface area contributed by atoms with Crippen LogP contribution in [0.5, 0.6) is 0 Å². The number of rotatable bonds is 8. The monoisotopic (exact) mass is 265 g/mol. The molecule has 1 rings (SSSR count). The Labute approximate surface area is 114 Å². The molecular weight excluding hydrogens is 242 g/mol. The van der Waals surface area contributed by atoms with E-state index in [4.69, 9.17) is 4.74 Å². The maximum Gasteiger partial charge on any atom is 0.255 e. The first-order valence-corrected chi connectivity index (χ1v) is 6.71.